The summed E-state index contributed by atoms with van der Waals surface area (Å²) in [4.78, 5) is 1.55. The van der Waals surface area contributed by atoms with E-state index < -0.39 is 0 Å². The fourth-order valence-corrected chi connectivity index (χ4v) is 2.85. The smallest absolute Gasteiger partial charge is 0.0103 e. The van der Waals surface area contributed by atoms with E-state index in [0.29, 0.717) is 11.8 Å². The first-order chi connectivity index (χ1) is 5.54. The van der Waals surface area contributed by atoms with Gasteiger partial charge in [-0.3, -0.25) is 0 Å². The Morgan fingerprint density at radius 3 is 1.92 bits per heavy atom. The summed E-state index contributed by atoms with van der Waals surface area (Å²) in [5.74, 6) is 1.36. The summed E-state index contributed by atoms with van der Waals surface area (Å²) in [6.45, 7) is 11.3. The van der Waals surface area contributed by atoms with Crippen LogP contribution in [-0.4, -0.2) is 0 Å². The van der Waals surface area contributed by atoms with Crippen molar-refractivity contribution in [2.24, 2.45) is 0 Å². The standard InChI is InChI=1S/C11H18S/c1-7(2)10-6-12-11(8(3)4)9(10)5/h6-8H,1-5H3. The average Bonchev–Trinajstić information content (AvgIpc) is 2.30. The minimum Gasteiger partial charge on any atom is -0.148 e. The van der Waals surface area contributed by atoms with Gasteiger partial charge in [0.25, 0.3) is 0 Å². The van der Waals surface area contributed by atoms with Crippen LogP contribution in [-0.2, 0) is 0 Å². The molecule has 0 amide bonds. The van der Waals surface area contributed by atoms with Crippen molar-refractivity contribution in [2.45, 2.75) is 46.5 Å². The first-order valence-corrected chi connectivity index (χ1v) is 5.49. The molecule has 0 bridgehead atoms. The maximum Gasteiger partial charge on any atom is 0.0103 e. The third kappa shape index (κ3) is 1.71. The minimum absolute atomic E-state index is 0.675. The van der Waals surface area contributed by atoms with Crippen LogP contribution in [0.15, 0.2) is 5.38 Å². The molecule has 1 aromatic heterocycles. The van der Waals surface area contributed by atoms with Crippen LogP contribution >= 0.6 is 11.3 Å². The molecule has 0 unspecified atom stereocenters. The second-order valence-electron chi connectivity index (χ2n) is 3.99. The van der Waals surface area contributed by atoms with Gasteiger partial charge in [0.15, 0.2) is 0 Å². The summed E-state index contributed by atoms with van der Waals surface area (Å²) in [5.41, 5.74) is 3.05. The zero-order valence-corrected chi connectivity index (χ0v) is 9.46. The molecule has 0 aliphatic carbocycles. The topological polar surface area (TPSA) is 0 Å². The molecule has 0 atom stereocenters. The normalized spacial score (nSPS) is 11.6. The summed E-state index contributed by atoms with van der Waals surface area (Å²) in [5, 5.41) is 2.31. The van der Waals surface area contributed by atoms with Crippen LogP contribution in [0.3, 0.4) is 0 Å². The minimum atomic E-state index is 0.675. The molecule has 1 rings (SSSR count). The highest BCUT2D eigenvalue weighted by atomic mass is 32.1. The molecule has 68 valence electrons. The SMILES string of the molecule is Cc1c(C(C)C)csc1C(C)C. The predicted octanol–water partition coefficient (Wildman–Crippen LogP) is 4.30. The summed E-state index contributed by atoms with van der Waals surface area (Å²) in [6.07, 6.45) is 0. The number of hydrogen-bond donors (Lipinski definition) is 0. The van der Waals surface area contributed by atoms with Crippen LogP contribution < -0.4 is 0 Å². The lowest BCUT2D eigenvalue weighted by Gasteiger charge is -2.06. The van der Waals surface area contributed by atoms with Gasteiger partial charge in [-0.05, 0) is 35.3 Å². The fourth-order valence-electron chi connectivity index (χ4n) is 1.58. The first-order valence-electron chi connectivity index (χ1n) is 4.62. The van der Waals surface area contributed by atoms with Gasteiger partial charge in [0.1, 0.15) is 0 Å². The van der Waals surface area contributed by atoms with Crippen molar-refractivity contribution in [2.75, 3.05) is 0 Å². The zero-order chi connectivity index (χ0) is 9.30. The summed E-state index contributed by atoms with van der Waals surface area (Å²) >= 11 is 1.91. The quantitative estimate of drug-likeness (QED) is 0.639. The first kappa shape index (κ1) is 9.79. The molecule has 0 spiro atoms. The van der Waals surface area contributed by atoms with Gasteiger partial charge in [0, 0.05) is 4.88 Å². The Balaban J connectivity index is 3.04. The molecule has 0 aliphatic heterocycles. The molecule has 0 N–H and O–H groups in total. The largest absolute Gasteiger partial charge is 0.148 e. The fraction of sp³-hybridized carbons (Fsp3) is 0.636. The van der Waals surface area contributed by atoms with E-state index >= 15 is 0 Å². The molecular formula is C11H18S. The van der Waals surface area contributed by atoms with Crippen molar-refractivity contribution >= 4 is 11.3 Å². The van der Waals surface area contributed by atoms with E-state index in [1.807, 2.05) is 11.3 Å². The van der Waals surface area contributed by atoms with Crippen molar-refractivity contribution in [3.63, 3.8) is 0 Å². The van der Waals surface area contributed by atoms with E-state index in [1.165, 1.54) is 11.1 Å². The molecule has 0 saturated heterocycles. The Morgan fingerprint density at radius 2 is 1.67 bits per heavy atom. The van der Waals surface area contributed by atoms with Gasteiger partial charge < -0.3 is 0 Å². The molecular weight excluding hydrogens is 164 g/mol. The predicted molar refractivity (Wildman–Crippen MR) is 57.2 cm³/mol. The lowest BCUT2D eigenvalue weighted by Crippen LogP contribution is -1.90. The number of thiophene rings is 1. The van der Waals surface area contributed by atoms with Crippen molar-refractivity contribution in [3.8, 4) is 0 Å². The van der Waals surface area contributed by atoms with Gasteiger partial charge in [-0.15, -0.1) is 11.3 Å². The monoisotopic (exact) mass is 182 g/mol. The third-order valence-electron chi connectivity index (χ3n) is 2.26. The summed E-state index contributed by atoms with van der Waals surface area (Å²) < 4.78 is 0. The van der Waals surface area contributed by atoms with Gasteiger partial charge in [-0.2, -0.15) is 0 Å². The van der Waals surface area contributed by atoms with Gasteiger partial charge in [-0.25, -0.2) is 0 Å². The lowest BCUT2D eigenvalue weighted by atomic mass is 9.99. The Bertz CT molecular complexity index is 230. The highest BCUT2D eigenvalue weighted by molar-refractivity contribution is 7.10. The second kappa shape index (κ2) is 3.61. The van der Waals surface area contributed by atoms with Gasteiger partial charge in [0.2, 0.25) is 0 Å². The van der Waals surface area contributed by atoms with E-state index in [2.05, 4.69) is 40.0 Å². The molecule has 12 heavy (non-hydrogen) atoms. The van der Waals surface area contributed by atoms with Crippen molar-refractivity contribution < 1.29 is 0 Å². The van der Waals surface area contributed by atoms with Crippen LogP contribution in [0.4, 0.5) is 0 Å². The Labute approximate surface area is 79.6 Å². The van der Waals surface area contributed by atoms with Crippen LogP contribution in [0, 0.1) is 6.92 Å². The highest BCUT2D eigenvalue weighted by Gasteiger charge is 2.11. The van der Waals surface area contributed by atoms with Crippen LogP contribution in [0.1, 0.15) is 55.5 Å². The molecule has 0 saturated carbocycles. The maximum absolute atomic E-state index is 2.31. The van der Waals surface area contributed by atoms with E-state index in [0.717, 1.165) is 0 Å². The molecule has 0 aliphatic rings. The van der Waals surface area contributed by atoms with Crippen LogP contribution in [0.25, 0.3) is 0 Å². The zero-order valence-electron chi connectivity index (χ0n) is 8.64. The Kier molecular flexibility index (Phi) is 2.94. The molecule has 0 fully saturated rings. The van der Waals surface area contributed by atoms with Crippen LogP contribution in [0.2, 0.25) is 0 Å². The van der Waals surface area contributed by atoms with Gasteiger partial charge >= 0.3 is 0 Å². The maximum atomic E-state index is 2.31. The number of hydrogen-bond acceptors (Lipinski definition) is 1. The van der Waals surface area contributed by atoms with E-state index in [9.17, 15) is 0 Å². The van der Waals surface area contributed by atoms with Crippen molar-refractivity contribution in [1.29, 1.82) is 0 Å². The van der Waals surface area contributed by atoms with Crippen molar-refractivity contribution in [1.82, 2.24) is 0 Å². The summed E-state index contributed by atoms with van der Waals surface area (Å²) in [6, 6.07) is 0. The molecule has 0 nitrogen and oxygen atoms in total. The molecule has 1 aromatic rings. The van der Waals surface area contributed by atoms with E-state index in [-0.39, 0.29) is 0 Å². The second-order valence-corrected chi connectivity index (χ2v) is 4.90. The lowest BCUT2D eigenvalue weighted by molar-refractivity contribution is 0.840. The Hall–Kier alpha value is -0.300. The molecule has 0 aromatic carbocycles. The van der Waals surface area contributed by atoms with Gasteiger partial charge in [-0.1, -0.05) is 27.7 Å². The van der Waals surface area contributed by atoms with Crippen LogP contribution in [0.5, 0.6) is 0 Å². The molecule has 1 heterocycles. The third-order valence-corrected chi connectivity index (χ3v) is 3.67. The van der Waals surface area contributed by atoms with E-state index in [4.69, 9.17) is 0 Å². The molecule has 0 radical (unpaired) electrons. The highest BCUT2D eigenvalue weighted by Crippen LogP contribution is 2.32. The number of rotatable bonds is 2. The Morgan fingerprint density at radius 1 is 1.08 bits per heavy atom. The average molecular weight is 182 g/mol. The van der Waals surface area contributed by atoms with Gasteiger partial charge in [0.05, 0.1) is 0 Å². The van der Waals surface area contributed by atoms with Crippen molar-refractivity contribution in [3.05, 3.63) is 21.4 Å². The van der Waals surface area contributed by atoms with E-state index in [1.54, 1.807) is 4.88 Å². The molecule has 1 heteroatoms. The summed E-state index contributed by atoms with van der Waals surface area (Å²) in [7, 11) is 0.